The summed E-state index contributed by atoms with van der Waals surface area (Å²) < 4.78 is 3.36. The first-order valence-electron chi connectivity index (χ1n) is 9.29. The van der Waals surface area contributed by atoms with E-state index in [4.69, 9.17) is 0 Å². The molecule has 26 heavy (non-hydrogen) atoms. The molecule has 1 N–H and O–H groups in total. The van der Waals surface area contributed by atoms with Crippen LogP contribution in [0.3, 0.4) is 0 Å². The molecule has 6 heteroatoms. The van der Waals surface area contributed by atoms with Gasteiger partial charge in [0, 0.05) is 19.1 Å². The second kappa shape index (κ2) is 7.50. The van der Waals surface area contributed by atoms with Crippen molar-refractivity contribution in [3.63, 3.8) is 0 Å². The fraction of sp³-hybridized carbons (Fsp3) is 0.500. The van der Waals surface area contributed by atoms with Gasteiger partial charge in [-0.15, -0.1) is 0 Å². The third-order valence-corrected chi connectivity index (χ3v) is 5.52. The molecule has 1 aromatic carbocycles. The van der Waals surface area contributed by atoms with Crippen molar-refractivity contribution in [3.8, 4) is 5.69 Å². The van der Waals surface area contributed by atoms with Crippen molar-refractivity contribution in [2.45, 2.75) is 52.1 Å². The highest BCUT2D eigenvalue weighted by Gasteiger charge is 2.27. The lowest BCUT2D eigenvalue weighted by atomic mass is 9.97. The number of anilines is 1. The average Bonchev–Trinajstić information content (AvgIpc) is 2.82. The summed E-state index contributed by atoms with van der Waals surface area (Å²) in [6.07, 6.45) is 3.44. The molecule has 0 aliphatic carbocycles. The predicted molar refractivity (Wildman–Crippen MR) is 104 cm³/mol. The summed E-state index contributed by atoms with van der Waals surface area (Å²) in [6, 6.07) is 10.2. The molecule has 0 radical (unpaired) electrons. The molecule has 2 unspecified atom stereocenters. The van der Waals surface area contributed by atoms with Gasteiger partial charge in [-0.25, -0.2) is 4.68 Å². The van der Waals surface area contributed by atoms with E-state index < -0.39 is 0 Å². The zero-order valence-corrected chi connectivity index (χ0v) is 16.0. The number of nitrogens with one attached hydrogen (secondary N) is 1. The highest BCUT2D eigenvalue weighted by molar-refractivity contribution is 5.92. The lowest BCUT2D eigenvalue weighted by Gasteiger charge is -2.38. The van der Waals surface area contributed by atoms with Crippen LogP contribution in [0.5, 0.6) is 0 Å². The maximum absolute atomic E-state index is 12.9. The lowest BCUT2D eigenvalue weighted by Crippen LogP contribution is -2.47. The van der Waals surface area contributed by atoms with Gasteiger partial charge in [-0.2, -0.15) is 0 Å². The summed E-state index contributed by atoms with van der Waals surface area (Å²) in [5.74, 6) is -0.128. The quantitative estimate of drug-likeness (QED) is 0.916. The molecule has 1 aliphatic rings. The molecule has 2 atom stereocenters. The van der Waals surface area contributed by atoms with Crippen molar-refractivity contribution in [1.29, 1.82) is 0 Å². The van der Waals surface area contributed by atoms with Gasteiger partial charge >= 0.3 is 0 Å². The Balaban J connectivity index is 1.82. The highest BCUT2D eigenvalue weighted by atomic mass is 16.2. The third kappa shape index (κ3) is 3.46. The average molecular weight is 356 g/mol. The van der Waals surface area contributed by atoms with Crippen LogP contribution in [0.2, 0.25) is 0 Å². The summed E-state index contributed by atoms with van der Waals surface area (Å²) >= 11 is 0. The number of carbonyl (C=O) groups excluding carboxylic acids is 1. The van der Waals surface area contributed by atoms with E-state index in [1.54, 1.807) is 9.36 Å². The topological polar surface area (TPSA) is 59.3 Å². The van der Waals surface area contributed by atoms with Crippen molar-refractivity contribution >= 4 is 11.6 Å². The van der Waals surface area contributed by atoms with E-state index in [1.807, 2.05) is 44.3 Å². The fourth-order valence-corrected chi connectivity index (χ4v) is 3.84. The van der Waals surface area contributed by atoms with E-state index in [0.717, 1.165) is 24.2 Å². The van der Waals surface area contributed by atoms with Crippen molar-refractivity contribution in [1.82, 2.24) is 14.3 Å². The number of likely N-dealkylation sites (tertiary alicyclic amines) is 1. The van der Waals surface area contributed by atoms with Crippen LogP contribution in [0.25, 0.3) is 5.69 Å². The molecule has 0 saturated carbocycles. The molecular weight excluding hydrogens is 328 g/mol. The van der Waals surface area contributed by atoms with Gasteiger partial charge < -0.3 is 5.32 Å². The van der Waals surface area contributed by atoms with Gasteiger partial charge in [-0.3, -0.25) is 19.2 Å². The summed E-state index contributed by atoms with van der Waals surface area (Å²) in [6.45, 7) is 6.50. The Kier molecular flexibility index (Phi) is 5.32. The Morgan fingerprint density at radius 1 is 1.15 bits per heavy atom. The molecule has 0 bridgehead atoms. The number of aromatic nitrogens is 2. The van der Waals surface area contributed by atoms with Crippen molar-refractivity contribution in [2.75, 3.05) is 11.9 Å². The summed E-state index contributed by atoms with van der Waals surface area (Å²) in [4.78, 5) is 27.7. The van der Waals surface area contributed by atoms with E-state index >= 15 is 0 Å². The number of amides is 1. The minimum atomic E-state index is -0.204. The Morgan fingerprint density at radius 3 is 2.38 bits per heavy atom. The molecule has 2 heterocycles. The lowest BCUT2D eigenvalue weighted by molar-refractivity contribution is -0.118. The number of nitrogens with zero attached hydrogens (tertiary/aromatic N) is 3. The smallest absolute Gasteiger partial charge is 0.295 e. The van der Waals surface area contributed by atoms with E-state index in [9.17, 15) is 9.59 Å². The second-order valence-electron chi connectivity index (χ2n) is 7.29. The van der Waals surface area contributed by atoms with Crippen LogP contribution in [0.15, 0.2) is 35.1 Å². The molecular formula is C20H28N4O2. The van der Waals surface area contributed by atoms with E-state index in [2.05, 4.69) is 24.1 Å². The molecule has 1 aromatic heterocycles. The van der Waals surface area contributed by atoms with E-state index in [-0.39, 0.29) is 11.5 Å². The minimum Gasteiger partial charge on any atom is -0.319 e. The number of piperidine rings is 1. The van der Waals surface area contributed by atoms with Gasteiger partial charge in [0.05, 0.1) is 17.9 Å². The van der Waals surface area contributed by atoms with Gasteiger partial charge in [0.25, 0.3) is 5.56 Å². The number of rotatable bonds is 4. The summed E-state index contributed by atoms with van der Waals surface area (Å²) in [7, 11) is 1.83. The maximum Gasteiger partial charge on any atom is 0.295 e. The summed E-state index contributed by atoms with van der Waals surface area (Å²) in [5.41, 5.74) is 1.68. The Labute approximate surface area is 154 Å². The van der Waals surface area contributed by atoms with Gasteiger partial charge in [0.2, 0.25) is 5.91 Å². The molecule has 1 saturated heterocycles. The third-order valence-electron chi connectivity index (χ3n) is 5.52. The Bertz CT molecular complexity index is 827. The largest absolute Gasteiger partial charge is 0.319 e. The normalized spacial score (nSPS) is 20.9. The molecule has 0 spiro atoms. The minimum absolute atomic E-state index is 0.128. The number of benzene rings is 1. The maximum atomic E-state index is 12.9. The molecule has 1 amide bonds. The van der Waals surface area contributed by atoms with Crippen LogP contribution in [-0.4, -0.2) is 38.8 Å². The van der Waals surface area contributed by atoms with Gasteiger partial charge in [-0.1, -0.05) is 24.6 Å². The van der Waals surface area contributed by atoms with Crippen LogP contribution < -0.4 is 10.9 Å². The van der Waals surface area contributed by atoms with Gasteiger partial charge in [0.15, 0.2) is 0 Å². The second-order valence-corrected chi connectivity index (χ2v) is 7.29. The predicted octanol–water partition coefficient (Wildman–Crippen LogP) is 2.69. The first-order chi connectivity index (χ1) is 12.4. The van der Waals surface area contributed by atoms with Crippen LogP contribution >= 0.6 is 0 Å². The summed E-state index contributed by atoms with van der Waals surface area (Å²) in [5, 5.41) is 2.86. The highest BCUT2D eigenvalue weighted by Crippen LogP contribution is 2.22. The van der Waals surface area contributed by atoms with Gasteiger partial charge in [0.1, 0.15) is 5.69 Å². The van der Waals surface area contributed by atoms with E-state index in [1.165, 1.54) is 6.42 Å². The zero-order chi connectivity index (χ0) is 18.8. The number of para-hydroxylation sites is 1. The van der Waals surface area contributed by atoms with Crippen molar-refractivity contribution < 1.29 is 4.79 Å². The molecule has 1 fully saturated rings. The first kappa shape index (κ1) is 18.5. The molecule has 2 aromatic rings. The molecule has 140 valence electrons. The van der Waals surface area contributed by atoms with Crippen LogP contribution in [0.4, 0.5) is 5.69 Å². The number of hydrogen-bond acceptors (Lipinski definition) is 3. The molecule has 6 nitrogen and oxygen atoms in total. The number of carbonyl (C=O) groups is 1. The van der Waals surface area contributed by atoms with Crippen LogP contribution in [0, 0.1) is 6.92 Å². The van der Waals surface area contributed by atoms with Crippen LogP contribution in [-0.2, 0) is 11.8 Å². The standard InChI is InChI=1S/C20H28N4O2/c1-14-9-8-10-15(2)23(14)13-18(25)21-19-16(3)22(4)24(20(19)26)17-11-6-5-7-12-17/h5-7,11-12,14-15H,8-10,13H2,1-4H3,(H,21,25). The van der Waals surface area contributed by atoms with Crippen LogP contribution in [0.1, 0.15) is 38.8 Å². The monoisotopic (exact) mass is 356 g/mol. The molecule has 3 rings (SSSR count). The first-order valence-corrected chi connectivity index (χ1v) is 9.29. The van der Waals surface area contributed by atoms with Crippen molar-refractivity contribution in [2.24, 2.45) is 7.05 Å². The zero-order valence-electron chi connectivity index (χ0n) is 16.0. The van der Waals surface area contributed by atoms with E-state index in [0.29, 0.717) is 24.3 Å². The SMILES string of the molecule is Cc1c(NC(=O)CN2C(C)CCCC2C)c(=O)n(-c2ccccc2)n1C. The molecule has 1 aliphatic heterocycles. The Morgan fingerprint density at radius 2 is 1.77 bits per heavy atom. The Hall–Kier alpha value is -2.34. The number of hydrogen-bond donors (Lipinski definition) is 1. The fourth-order valence-electron chi connectivity index (χ4n) is 3.84. The van der Waals surface area contributed by atoms with Crippen molar-refractivity contribution in [3.05, 3.63) is 46.4 Å². The van der Waals surface area contributed by atoms with Gasteiger partial charge in [-0.05, 0) is 45.7 Å².